The van der Waals surface area contributed by atoms with Crippen LogP contribution >= 0.6 is 0 Å². The summed E-state index contributed by atoms with van der Waals surface area (Å²) in [7, 11) is 0. The highest BCUT2D eigenvalue weighted by Gasteiger charge is 2.72. The van der Waals surface area contributed by atoms with Crippen molar-refractivity contribution in [3.05, 3.63) is 12.2 Å². The van der Waals surface area contributed by atoms with Crippen LogP contribution in [-0.4, -0.2) is 82.7 Å². The lowest BCUT2D eigenvalue weighted by molar-refractivity contribution is -0.249. The second-order valence-corrected chi connectivity index (χ2v) is 25.3. The number of carbonyl (C=O) groups is 5. The molecule has 12 nitrogen and oxygen atoms in total. The van der Waals surface area contributed by atoms with Gasteiger partial charge in [-0.05, 0) is 181 Å². The molecule has 0 aromatic carbocycles. The van der Waals surface area contributed by atoms with Gasteiger partial charge in [0.05, 0.1) is 17.3 Å². The van der Waals surface area contributed by atoms with Gasteiger partial charge in [0.25, 0.3) is 0 Å². The van der Waals surface area contributed by atoms with Gasteiger partial charge < -0.3 is 36.6 Å². The van der Waals surface area contributed by atoms with Crippen LogP contribution in [-0.2, 0) is 28.7 Å². The predicted octanol–water partition coefficient (Wildman–Crippen LogP) is 9.13. The first-order valence-electron chi connectivity index (χ1n) is 26.0. The molecule has 0 spiro atoms. The molecule has 5 unspecified atom stereocenters. The molecule has 1 saturated heterocycles. The Morgan fingerprint density at radius 2 is 1.48 bits per heavy atom. The van der Waals surface area contributed by atoms with Crippen molar-refractivity contribution >= 4 is 29.7 Å². The Bertz CT molecular complexity index is 1860. The topological polar surface area (TPSA) is 202 Å². The molecule has 0 radical (unpaired) electrons. The van der Waals surface area contributed by atoms with Crippen LogP contribution in [0.1, 0.15) is 185 Å². The number of hydrogen-bond acceptors (Lipinski definition) is 8. The third-order valence-corrected chi connectivity index (χ3v) is 20.7. The number of amides is 2. The number of carboxylic acids is 2. The summed E-state index contributed by atoms with van der Waals surface area (Å²) >= 11 is 0. The smallest absolute Gasteiger partial charge is 0.320 e. The highest BCUT2D eigenvalue weighted by Crippen LogP contribution is 2.77. The number of nitrogens with two attached hydrogens (primary N) is 2. The minimum Gasteiger partial charge on any atom is -0.481 e. The van der Waals surface area contributed by atoms with Gasteiger partial charge in [0.1, 0.15) is 12.1 Å². The van der Waals surface area contributed by atoms with Crippen molar-refractivity contribution < 1.29 is 38.9 Å². The van der Waals surface area contributed by atoms with E-state index in [1.54, 1.807) is 13.8 Å². The molecule has 7 aliphatic rings. The molecular formula is C54H90N4O8. The number of ether oxygens (including phenoxy) is 1. The standard InChI is InChI=1S/C48H76N2O6.C6H14N2O2/c1-29(2)30-17-22-48(40(53)49-35-27-32(43(35,5)6)39(52)50-25-13-12-14-26-50)24-23-46(10)31(38(30)48)15-16-34-45(9)20-19-36(56-37(51)28-42(3,4)41(54)55)44(7,8)33(45)18-21-47(34,46)11;7-4-2-1-3-5(8)6(9)10/h30-36,38H,1,12-28H2,2-11H3,(H,49,53)(H,54,55);5H,1-4,7-8H2,(H,9,10)/t30-,31?,32+,33?,34?,35?,36-,38?,45-,46+,47+,48-;5-/m00/s1. The van der Waals surface area contributed by atoms with Crippen LogP contribution in [0.4, 0.5) is 0 Å². The van der Waals surface area contributed by atoms with E-state index >= 15 is 4.79 Å². The second-order valence-electron chi connectivity index (χ2n) is 25.3. The lowest BCUT2D eigenvalue weighted by atomic mass is 9.32. The molecule has 0 bridgehead atoms. The summed E-state index contributed by atoms with van der Waals surface area (Å²) in [5, 5.41) is 21.6. The maximum Gasteiger partial charge on any atom is 0.320 e. The van der Waals surface area contributed by atoms with Crippen LogP contribution in [0.2, 0.25) is 0 Å². The first-order valence-corrected chi connectivity index (χ1v) is 26.0. The van der Waals surface area contributed by atoms with Gasteiger partial charge in [-0.25, -0.2) is 0 Å². The molecule has 7 N–H and O–H groups in total. The number of esters is 1. The average molecular weight is 923 g/mol. The Kier molecular flexibility index (Phi) is 15.1. The quantitative estimate of drug-likeness (QED) is 0.0674. The van der Waals surface area contributed by atoms with E-state index in [0.29, 0.717) is 42.5 Å². The molecule has 374 valence electrons. The minimum absolute atomic E-state index is 0.0193. The molecular weight excluding hydrogens is 833 g/mol. The van der Waals surface area contributed by atoms with E-state index in [4.69, 9.17) is 21.3 Å². The average Bonchev–Trinajstić information content (AvgIpc) is 3.65. The van der Waals surface area contributed by atoms with Gasteiger partial charge in [-0.2, -0.15) is 0 Å². The number of likely N-dealkylation sites (tertiary alicyclic amines) is 1. The van der Waals surface area contributed by atoms with Crippen LogP contribution < -0.4 is 16.8 Å². The van der Waals surface area contributed by atoms with Crippen molar-refractivity contribution in [3.63, 3.8) is 0 Å². The SMILES string of the molecule is C=C(C)[C@@H]1CC[C@]2(C(=O)NC3C[C@H](C(=O)N4CCCCC4)C3(C)C)CC[C@]3(C)C(CCC4[C@@]5(C)CC[C@H](OC(=O)CC(C)(C)C(=O)O)C(C)(C)C5CC[C@]43C)C12.NCCCC[C@H](N)C(=O)O. The fourth-order valence-electron chi connectivity index (χ4n) is 16.2. The Balaban J connectivity index is 0.000000645. The fourth-order valence-corrected chi connectivity index (χ4v) is 16.2. The van der Waals surface area contributed by atoms with Gasteiger partial charge in [0.2, 0.25) is 11.8 Å². The number of fused-ring (bicyclic) bond motifs is 7. The number of rotatable bonds is 13. The van der Waals surface area contributed by atoms with E-state index < -0.39 is 34.8 Å². The Morgan fingerprint density at radius 1 is 0.818 bits per heavy atom. The van der Waals surface area contributed by atoms with Crippen molar-refractivity contribution in [1.29, 1.82) is 0 Å². The molecule has 1 heterocycles. The molecule has 0 aromatic rings. The first-order chi connectivity index (χ1) is 30.7. The number of carboxylic acid groups (broad SMARTS) is 2. The maximum atomic E-state index is 15.0. The van der Waals surface area contributed by atoms with Gasteiger partial charge >= 0.3 is 17.9 Å². The third-order valence-electron chi connectivity index (χ3n) is 20.7. The van der Waals surface area contributed by atoms with Gasteiger partial charge in [-0.1, -0.05) is 67.0 Å². The van der Waals surface area contributed by atoms with E-state index in [9.17, 15) is 24.3 Å². The summed E-state index contributed by atoms with van der Waals surface area (Å²) in [4.78, 5) is 65.8. The number of unbranched alkanes of at least 4 members (excludes halogenated alkanes) is 1. The molecule has 66 heavy (non-hydrogen) atoms. The zero-order valence-corrected chi connectivity index (χ0v) is 42.7. The van der Waals surface area contributed by atoms with Crippen LogP contribution in [0.5, 0.6) is 0 Å². The zero-order chi connectivity index (χ0) is 49.0. The summed E-state index contributed by atoms with van der Waals surface area (Å²) in [6.07, 6.45) is 16.2. The molecule has 7 fully saturated rings. The van der Waals surface area contributed by atoms with Crippen molar-refractivity contribution in [2.75, 3.05) is 19.6 Å². The van der Waals surface area contributed by atoms with Crippen molar-refractivity contribution in [2.45, 2.75) is 203 Å². The normalized spacial score (nSPS) is 39.1. The Labute approximate surface area is 397 Å². The number of aliphatic carboxylic acids is 2. The van der Waals surface area contributed by atoms with Crippen LogP contribution in [0, 0.1) is 73.4 Å². The van der Waals surface area contributed by atoms with Crippen LogP contribution in [0.3, 0.4) is 0 Å². The molecule has 0 aromatic heterocycles. The van der Waals surface area contributed by atoms with E-state index in [1.807, 2.05) is 0 Å². The summed E-state index contributed by atoms with van der Waals surface area (Å²) in [6, 6.07) is -0.697. The number of carbonyl (C=O) groups excluding carboxylic acids is 3. The van der Waals surface area contributed by atoms with Crippen molar-refractivity contribution in [1.82, 2.24) is 10.2 Å². The van der Waals surface area contributed by atoms with E-state index in [-0.39, 0.29) is 63.4 Å². The van der Waals surface area contributed by atoms with Gasteiger partial charge in [-0.3, -0.25) is 24.0 Å². The Hall–Kier alpha value is -2.99. The Morgan fingerprint density at radius 3 is 2.08 bits per heavy atom. The number of nitrogens with one attached hydrogen (secondary N) is 1. The molecule has 1 aliphatic heterocycles. The van der Waals surface area contributed by atoms with Gasteiger partial charge in [0, 0.05) is 30.5 Å². The van der Waals surface area contributed by atoms with Crippen LogP contribution in [0.15, 0.2) is 12.2 Å². The van der Waals surface area contributed by atoms with E-state index in [2.05, 4.69) is 72.2 Å². The molecule has 7 rings (SSSR count). The lowest BCUT2D eigenvalue weighted by Gasteiger charge is -2.73. The highest BCUT2D eigenvalue weighted by atomic mass is 16.5. The summed E-state index contributed by atoms with van der Waals surface area (Å²) in [6.45, 7) is 29.1. The molecule has 2 amide bonds. The molecule has 12 heteroatoms. The van der Waals surface area contributed by atoms with Crippen LogP contribution in [0.25, 0.3) is 0 Å². The first kappa shape index (κ1) is 52.4. The molecule has 13 atom stereocenters. The maximum absolute atomic E-state index is 15.0. The summed E-state index contributed by atoms with van der Waals surface area (Å²) in [5.41, 5.74) is 9.93. The lowest BCUT2D eigenvalue weighted by Crippen LogP contribution is -2.68. The molecule has 6 aliphatic carbocycles. The van der Waals surface area contributed by atoms with Gasteiger partial charge in [-0.15, -0.1) is 0 Å². The second kappa shape index (κ2) is 19.1. The molecule has 6 saturated carbocycles. The third kappa shape index (κ3) is 9.03. The monoisotopic (exact) mass is 923 g/mol. The minimum atomic E-state index is -1.16. The number of piperidine rings is 1. The van der Waals surface area contributed by atoms with Gasteiger partial charge in [0.15, 0.2) is 0 Å². The zero-order valence-electron chi connectivity index (χ0n) is 42.7. The summed E-state index contributed by atoms with van der Waals surface area (Å²) < 4.78 is 6.20. The van der Waals surface area contributed by atoms with E-state index in [1.165, 1.54) is 12.0 Å². The fraction of sp³-hybridized carbons (Fsp3) is 0.870. The van der Waals surface area contributed by atoms with Crippen molar-refractivity contribution in [2.24, 2.45) is 84.9 Å². The largest absolute Gasteiger partial charge is 0.481 e. The predicted molar refractivity (Wildman–Crippen MR) is 258 cm³/mol. The van der Waals surface area contributed by atoms with E-state index in [0.717, 1.165) is 109 Å². The number of nitrogens with zero attached hydrogens (tertiary/aromatic N) is 1. The highest BCUT2D eigenvalue weighted by molar-refractivity contribution is 5.86. The summed E-state index contributed by atoms with van der Waals surface area (Å²) in [5.74, 6) is 0.188. The van der Waals surface area contributed by atoms with Crippen molar-refractivity contribution in [3.8, 4) is 0 Å². The number of hydrogen-bond donors (Lipinski definition) is 5. The number of allylic oxidation sites excluding steroid dienone is 1.